The number of rotatable bonds is 9. The lowest BCUT2D eigenvalue weighted by molar-refractivity contribution is -0.384. The summed E-state index contributed by atoms with van der Waals surface area (Å²) in [6.45, 7) is -0.213. The standard InChI is InChI=1S/C28H21N3O6/c32-27(19-36-25-15-11-22(12-16-25)21-6-2-1-3-7-21)30-29-18-20-5-4-8-26(17-20)37-28(33)23-9-13-24(14-10-23)31(34)35/h1-18H,19H2,(H,30,32)/b29-18+. The fraction of sp³-hybridized carbons (Fsp3) is 0.0357. The average molecular weight is 495 g/mol. The van der Waals surface area contributed by atoms with Gasteiger partial charge in [-0.2, -0.15) is 5.10 Å². The molecule has 0 aliphatic rings. The number of hydrogen-bond acceptors (Lipinski definition) is 7. The third kappa shape index (κ3) is 7.09. The van der Waals surface area contributed by atoms with Crippen LogP contribution in [0.1, 0.15) is 15.9 Å². The fourth-order valence-corrected chi connectivity index (χ4v) is 3.28. The molecule has 0 spiro atoms. The Kier molecular flexibility index (Phi) is 7.97. The van der Waals surface area contributed by atoms with Crippen LogP contribution in [-0.2, 0) is 4.79 Å². The number of amides is 1. The second-order valence-electron chi connectivity index (χ2n) is 7.74. The number of nitrogens with zero attached hydrogens (tertiary/aromatic N) is 2. The van der Waals surface area contributed by atoms with E-state index in [-0.39, 0.29) is 23.6 Å². The molecule has 4 aromatic rings. The van der Waals surface area contributed by atoms with Crippen molar-refractivity contribution in [2.75, 3.05) is 6.61 Å². The molecule has 4 rings (SSSR count). The molecule has 0 saturated carbocycles. The van der Waals surface area contributed by atoms with Crippen LogP contribution in [0, 0.1) is 10.1 Å². The van der Waals surface area contributed by atoms with Gasteiger partial charge in [0.25, 0.3) is 11.6 Å². The maximum Gasteiger partial charge on any atom is 0.343 e. The molecule has 0 saturated heterocycles. The summed E-state index contributed by atoms with van der Waals surface area (Å²) in [6, 6.07) is 28.9. The molecule has 1 amide bonds. The predicted molar refractivity (Wildman–Crippen MR) is 138 cm³/mol. The largest absolute Gasteiger partial charge is 0.484 e. The van der Waals surface area contributed by atoms with Crippen molar-refractivity contribution in [1.29, 1.82) is 0 Å². The summed E-state index contributed by atoms with van der Waals surface area (Å²) in [7, 11) is 0. The van der Waals surface area contributed by atoms with Gasteiger partial charge in [0.1, 0.15) is 11.5 Å². The first-order valence-corrected chi connectivity index (χ1v) is 11.1. The Balaban J connectivity index is 1.26. The number of nitro benzene ring substituents is 1. The molecule has 1 N–H and O–H groups in total. The summed E-state index contributed by atoms with van der Waals surface area (Å²) < 4.78 is 10.8. The van der Waals surface area contributed by atoms with E-state index in [2.05, 4.69) is 10.5 Å². The van der Waals surface area contributed by atoms with E-state index < -0.39 is 16.8 Å². The Labute approximate surface area is 212 Å². The van der Waals surface area contributed by atoms with Gasteiger partial charge in [0.15, 0.2) is 6.61 Å². The van der Waals surface area contributed by atoms with E-state index in [0.717, 1.165) is 11.1 Å². The lowest BCUT2D eigenvalue weighted by atomic mass is 10.1. The number of ether oxygens (including phenoxy) is 2. The molecule has 0 unspecified atom stereocenters. The van der Waals surface area contributed by atoms with E-state index in [1.807, 2.05) is 42.5 Å². The van der Waals surface area contributed by atoms with E-state index in [1.165, 1.54) is 30.5 Å². The number of hydrazone groups is 1. The molecule has 0 bridgehead atoms. The monoisotopic (exact) mass is 495 g/mol. The Morgan fingerprint density at radius 2 is 1.54 bits per heavy atom. The molecule has 0 aliphatic carbocycles. The summed E-state index contributed by atoms with van der Waals surface area (Å²) >= 11 is 0. The zero-order chi connectivity index (χ0) is 26.0. The second kappa shape index (κ2) is 11.9. The van der Waals surface area contributed by atoms with E-state index in [9.17, 15) is 19.7 Å². The summed E-state index contributed by atoms with van der Waals surface area (Å²) in [5.41, 5.74) is 5.14. The Bertz CT molecular complexity index is 1420. The van der Waals surface area contributed by atoms with Gasteiger partial charge in [-0.15, -0.1) is 0 Å². The highest BCUT2D eigenvalue weighted by molar-refractivity contribution is 5.91. The number of non-ortho nitro benzene ring substituents is 1. The minimum atomic E-state index is -0.661. The first kappa shape index (κ1) is 24.8. The van der Waals surface area contributed by atoms with Crippen molar-refractivity contribution in [3.8, 4) is 22.6 Å². The number of nitrogens with one attached hydrogen (secondary N) is 1. The van der Waals surface area contributed by atoms with Crippen LogP contribution in [0.15, 0.2) is 108 Å². The Morgan fingerprint density at radius 3 is 2.24 bits per heavy atom. The molecule has 37 heavy (non-hydrogen) atoms. The summed E-state index contributed by atoms with van der Waals surface area (Å²) in [4.78, 5) is 34.6. The molecule has 0 radical (unpaired) electrons. The van der Waals surface area contributed by atoms with Crippen LogP contribution in [0.4, 0.5) is 5.69 Å². The molecule has 0 heterocycles. The molecule has 0 aromatic heterocycles. The third-order valence-electron chi connectivity index (χ3n) is 5.12. The summed E-state index contributed by atoms with van der Waals surface area (Å²) in [5.74, 6) is -0.294. The number of carbonyl (C=O) groups excluding carboxylic acids is 2. The first-order valence-electron chi connectivity index (χ1n) is 11.1. The maximum absolute atomic E-state index is 12.3. The van der Waals surface area contributed by atoms with Crippen molar-refractivity contribution < 1.29 is 24.0 Å². The van der Waals surface area contributed by atoms with Crippen molar-refractivity contribution in [2.24, 2.45) is 5.10 Å². The molecule has 4 aromatic carbocycles. The Hall–Kier alpha value is -5.31. The smallest absolute Gasteiger partial charge is 0.343 e. The second-order valence-corrected chi connectivity index (χ2v) is 7.74. The van der Waals surface area contributed by atoms with E-state index in [0.29, 0.717) is 11.3 Å². The van der Waals surface area contributed by atoms with Crippen molar-refractivity contribution in [1.82, 2.24) is 5.43 Å². The van der Waals surface area contributed by atoms with Crippen LogP contribution in [-0.4, -0.2) is 29.6 Å². The summed E-state index contributed by atoms with van der Waals surface area (Å²) in [5, 5.41) is 14.6. The van der Waals surface area contributed by atoms with Crippen LogP contribution in [0.2, 0.25) is 0 Å². The molecular formula is C28H21N3O6. The minimum Gasteiger partial charge on any atom is -0.484 e. The molecule has 0 atom stereocenters. The van der Waals surface area contributed by atoms with Crippen LogP contribution < -0.4 is 14.9 Å². The van der Waals surface area contributed by atoms with Crippen molar-refractivity contribution in [3.63, 3.8) is 0 Å². The highest BCUT2D eigenvalue weighted by Crippen LogP contribution is 2.22. The quantitative estimate of drug-likeness (QED) is 0.115. The van der Waals surface area contributed by atoms with Crippen LogP contribution in [0.3, 0.4) is 0 Å². The topological polar surface area (TPSA) is 120 Å². The van der Waals surface area contributed by atoms with Gasteiger partial charge >= 0.3 is 5.97 Å². The van der Waals surface area contributed by atoms with Crippen LogP contribution >= 0.6 is 0 Å². The average Bonchev–Trinajstić information content (AvgIpc) is 2.93. The number of hydrogen-bond donors (Lipinski definition) is 1. The lowest BCUT2D eigenvalue weighted by Gasteiger charge is -2.07. The van der Waals surface area contributed by atoms with Crippen molar-refractivity contribution >= 4 is 23.8 Å². The van der Waals surface area contributed by atoms with Crippen molar-refractivity contribution in [3.05, 3.63) is 124 Å². The normalized spacial score (nSPS) is 10.6. The van der Waals surface area contributed by atoms with Crippen LogP contribution in [0.5, 0.6) is 11.5 Å². The number of carbonyl (C=O) groups is 2. The number of nitro groups is 1. The molecule has 184 valence electrons. The van der Waals surface area contributed by atoms with Crippen molar-refractivity contribution in [2.45, 2.75) is 0 Å². The number of esters is 1. The fourth-order valence-electron chi connectivity index (χ4n) is 3.28. The van der Waals surface area contributed by atoms with Gasteiger partial charge in [0, 0.05) is 12.1 Å². The molecule has 9 nitrogen and oxygen atoms in total. The van der Waals surface area contributed by atoms with Crippen LogP contribution in [0.25, 0.3) is 11.1 Å². The van der Waals surface area contributed by atoms with E-state index >= 15 is 0 Å². The first-order chi connectivity index (χ1) is 18.0. The highest BCUT2D eigenvalue weighted by Gasteiger charge is 2.12. The van der Waals surface area contributed by atoms with E-state index in [1.54, 1.807) is 36.4 Å². The minimum absolute atomic E-state index is 0.122. The zero-order valence-electron chi connectivity index (χ0n) is 19.4. The van der Waals surface area contributed by atoms with Gasteiger partial charge in [0.2, 0.25) is 0 Å². The molecular weight excluding hydrogens is 474 g/mol. The third-order valence-corrected chi connectivity index (χ3v) is 5.12. The van der Waals surface area contributed by atoms with Gasteiger partial charge in [-0.3, -0.25) is 14.9 Å². The SMILES string of the molecule is O=C(COc1ccc(-c2ccccc2)cc1)N/N=C/c1cccc(OC(=O)c2ccc([N+](=O)[O-])cc2)c1. The molecule has 0 aliphatic heterocycles. The van der Waals surface area contributed by atoms with Gasteiger partial charge in [0.05, 0.1) is 16.7 Å². The van der Waals surface area contributed by atoms with E-state index in [4.69, 9.17) is 9.47 Å². The lowest BCUT2D eigenvalue weighted by Crippen LogP contribution is -2.24. The van der Waals surface area contributed by atoms with Gasteiger partial charge in [-0.25, -0.2) is 10.2 Å². The zero-order valence-corrected chi connectivity index (χ0v) is 19.4. The van der Waals surface area contributed by atoms with Gasteiger partial charge in [-0.1, -0.05) is 54.6 Å². The number of benzene rings is 4. The predicted octanol–water partition coefficient (Wildman–Crippen LogP) is 5.01. The van der Waals surface area contributed by atoms with Gasteiger partial charge in [-0.05, 0) is 53.1 Å². The molecule has 0 fully saturated rings. The highest BCUT2D eigenvalue weighted by atomic mass is 16.6. The Morgan fingerprint density at radius 1 is 0.838 bits per heavy atom. The molecule has 9 heteroatoms. The summed E-state index contributed by atoms with van der Waals surface area (Å²) in [6.07, 6.45) is 1.40. The maximum atomic E-state index is 12.3. The van der Waals surface area contributed by atoms with Gasteiger partial charge < -0.3 is 9.47 Å².